The highest BCUT2D eigenvalue weighted by molar-refractivity contribution is 5.82. The molecule has 0 unspecified atom stereocenters. The fraction of sp³-hybridized carbons (Fsp3) is 0.0870. The molecule has 2 aromatic heterocycles. The van der Waals surface area contributed by atoms with Gasteiger partial charge in [0.1, 0.15) is 12.4 Å². The van der Waals surface area contributed by atoms with Gasteiger partial charge in [0.25, 0.3) is 0 Å². The van der Waals surface area contributed by atoms with Crippen LogP contribution in [0.4, 0.5) is 0 Å². The number of nitrogens with zero attached hydrogens (tertiary/aromatic N) is 1. The first-order valence-electron chi connectivity index (χ1n) is 8.67. The van der Waals surface area contributed by atoms with Crippen molar-refractivity contribution in [1.29, 1.82) is 0 Å². The Balaban J connectivity index is 1.56. The second-order valence-corrected chi connectivity index (χ2v) is 6.28. The van der Waals surface area contributed by atoms with Crippen LogP contribution in [0.3, 0.4) is 0 Å². The SMILES string of the molecule is Cc1cc(-c2ccc(OCc3ccccc3)cc2)c(-c2ccncc2)[nH]1. The maximum Gasteiger partial charge on any atom is 0.119 e. The Labute approximate surface area is 153 Å². The number of aromatic nitrogens is 2. The van der Waals surface area contributed by atoms with Gasteiger partial charge >= 0.3 is 0 Å². The van der Waals surface area contributed by atoms with Gasteiger partial charge in [-0.2, -0.15) is 0 Å². The highest BCUT2D eigenvalue weighted by atomic mass is 16.5. The molecular formula is C23H20N2O. The quantitative estimate of drug-likeness (QED) is 0.511. The minimum absolute atomic E-state index is 0.575. The number of nitrogens with one attached hydrogen (secondary N) is 1. The lowest BCUT2D eigenvalue weighted by atomic mass is 10.0. The first-order valence-corrected chi connectivity index (χ1v) is 8.67. The van der Waals surface area contributed by atoms with E-state index in [0.717, 1.165) is 33.8 Å². The zero-order valence-corrected chi connectivity index (χ0v) is 14.6. The molecule has 3 nitrogen and oxygen atoms in total. The maximum atomic E-state index is 5.89. The van der Waals surface area contributed by atoms with E-state index in [-0.39, 0.29) is 0 Å². The molecule has 0 radical (unpaired) electrons. The van der Waals surface area contributed by atoms with Crippen LogP contribution in [0, 0.1) is 6.92 Å². The molecule has 0 spiro atoms. The topological polar surface area (TPSA) is 37.9 Å². The Morgan fingerprint density at radius 2 is 1.58 bits per heavy atom. The first-order chi connectivity index (χ1) is 12.8. The van der Waals surface area contributed by atoms with E-state index >= 15 is 0 Å². The van der Waals surface area contributed by atoms with Gasteiger partial charge in [-0.05, 0) is 48.4 Å². The smallest absolute Gasteiger partial charge is 0.119 e. The van der Waals surface area contributed by atoms with E-state index in [9.17, 15) is 0 Å². The molecule has 0 aliphatic rings. The molecule has 4 rings (SSSR count). The fourth-order valence-electron chi connectivity index (χ4n) is 3.03. The zero-order valence-electron chi connectivity index (χ0n) is 14.6. The third-order valence-electron chi connectivity index (χ3n) is 4.33. The van der Waals surface area contributed by atoms with Crippen LogP contribution in [0.25, 0.3) is 22.4 Å². The second kappa shape index (κ2) is 7.28. The predicted octanol–water partition coefficient (Wildman–Crippen LogP) is 5.63. The molecule has 26 heavy (non-hydrogen) atoms. The summed E-state index contributed by atoms with van der Waals surface area (Å²) in [6, 6.07) is 24.7. The van der Waals surface area contributed by atoms with Crippen LogP contribution in [-0.4, -0.2) is 9.97 Å². The molecule has 0 saturated carbocycles. The van der Waals surface area contributed by atoms with Gasteiger partial charge < -0.3 is 9.72 Å². The van der Waals surface area contributed by atoms with E-state index in [4.69, 9.17) is 4.74 Å². The summed E-state index contributed by atoms with van der Waals surface area (Å²) in [5.41, 5.74) is 6.89. The summed E-state index contributed by atoms with van der Waals surface area (Å²) >= 11 is 0. The summed E-state index contributed by atoms with van der Waals surface area (Å²) in [5, 5.41) is 0. The van der Waals surface area contributed by atoms with Gasteiger partial charge in [-0.1, -0.05) is 42.5 Å². The molecule has 0 saturated heterocycles. The van der Waals surface area contributed by atoms with Crippen molar-refractivity contribution in [3.8, 4) is 28.1 Å². The minimum Gasteiger partial charge on any atom is -0.489 e. The van der Waals surface area contributed by atoms with Crippen LogP contribution in [0.15, 0.2) is 85.2 Å². The Kier molecular flexibility index (Phi) is 4.52. The molecule has 128 valence electrons. The zero-order chi connectivity index (χ0) is 17.8. The lowest BCUT2D eigenvalue weighted by molar-refractivity contribution is 0.306. The van der Waals surface area contributed by atoms with E-state index in [2.05, 4.69) is 47.2 Å². The first kappa shape index (κ1) is 16.2. The van der Waals surface area contributed by atoms with Gasteiger partial charge in [-0.3, -0.25) is 4.98 Å². The molecular weight excluding hydrogens is 320 g/mol. The summed E-state index contributed by atoms with van der Waals surface area (Å²) in [6.45, 7) is 2.65. The van der Waals surface area contributed by atoms with Crippen molar-refractivity contribution in [2.24, 2.45) is 0 Å². The molecule has 0 bridgehead atoms. The minimum atomic E-state index is 0.575. The van der Waals surface area contributed by atoms with Crippen molar-refractivity contribution in [3.05, 3.63) is 96.4 Å². The average molecular weight is 340 g/mol. The summed E-state index contributed by atoms with van der Waals surface area (Å²) in [5.74, 6) is 0.871. The maximum absolute atomic E-state index is 5.89. The number of pyridine rings is 1. The van der Waals surface area contributed by atoms with Gasteiger partial charge in [0.05, 0.1) is 5.69 Å². The van der Waals surface area contributed by atoms with Gasteiger partial charge in [-0.15, -0.1) is 0 Å². The molecule has 4 aromatic rings. The number of ether oxygens (including phenoxy) is 1. The van der Waals surface area contributed by atoms with Crippen LogP contribution >= 0.6 is 0 Å². The third kappa shape index (κ3) is 3.52. The average Bonchev–Trinajstić information content (AvgIpc) is 3.10. The predicted molar refractivity (Wildman–Crippen MR) is 105 cm³/mol. The van der Waals surface area contributed by atoms with Gasteiger partial charge in [0.15, 0.2) is 0 Å². The standard InChI is InChI=1S/C23H20N2O/c1-17-15-22(23(25-17)20-11-13-24-14-12-20)19-7-9-21(10-8-19)26-16-18-5-3-2-4-6-18/h2-15,25H,16H2,1H3. The number of aromatic amines is 1. The molecule has 0 fully saturated rings. The van der Waals surface area contributed by atoms with E-state index in [0.29, 0.717) is 6.61 Å². The molecule has 2 heterocycles. The van der Waals surface area contributed by atoms with E-state index in [1.807, 2.05) is 54.9 Å². The summed E-state index contributed by atoms with van der Waals surface area (Å²) in [6.07, 6.45) is 3.63. The third-order valence-corrected chi connectivity index (χ3v) is 4.33. The normalized spacial score (nSPS) is 10.7. The van der Waals surface area contributed by atoms with Crippen molar-refractivity contribution in [2.75, 3.05) is 0 Å². The number of hydrogen-bond donors (Lipinski definition) is 1. The van der Waals surface area contributed by atoms with Crippen LogP contribution in [0.2, 0.25) is 0 Å². The van der Waals surface area contributed by atoms with Crippen molar-refractivity contribution in [1.82, 2.24) is 9.97 Å². The molecule has 0 aliphatic carbocycles. The molecule has 1 N–H and O–H groups in total. The lowest BCUT2D eigenvalue weighted by Crippen LogP contribution is -1.94. The number of rotatable bonds is 5. The van der Waals surface area contributed by atoms with Crippen LogP contribution in [0.5, 0.6) is 5.75 Å². The van der Waals surface area contributed by atoms with Crippen LogP contribution in [-0.2, 0) is 6.61 Å². The second-order valence-electron chi connectivity index (χ2n) is 6.28. The van der Waals surface area contributed by atoms with Crippen molar-refractivity contribution >= 4 is 0 Å². The van der Waals surface area contributed by atoms with Crippen molar-refractivity contribution < 1.29 is 4.74 Å². The largest absolute Gasteiger partial charge is 0.489 e. The van der Waals surface area contributed by atoms with E-state index in [1.165, 1.54) is 5.56 Å². The molecule has 0 atom stereocenters. The molecule has 3 heteroatoms. The van der Waals surface area contributed by atoms with Crippen LogP contribution in [0.1, 0.15) is 11.3 Å². The molecule has 0 amide bonds. The fourth-order valence-corrected chi connectivity index (χ4v) is 3.03. The lowest BCUT2D eigenvalue weighted by Gasteiger charge is -2.08. The summed E-state index contributed by atoms with van der Waals surface area (Å²) < 4.78 is 5.89. The summed E-state index contributed by atoms with van der Waals surface area (Å²) in [4.78, 5) is 7.57. The number of hydrogen-bond acceptors (Lipinski definition) is 2. The molecule has 0 aliphatic heterocycles. The summed E-state index contributed by atoms with van der Waals surface area (Å²) in [7, 11) is 0. The monoisotopic (exact) mass is 340 g/mol. The Bertz CT molecular complexity index is 974. The van der Waals surface area contributed by atoms with E-state index in [1.54, 1.807) is 0 Å². The van der Waals surface area contributed by atoms with Gasteiger partial charge in [0.2, 0.25) is 0 Å². The Hall–Kier alpha value is -3.33. The van der Waals surface area contributed by atoms with Gasteiger partial charge in [0, 0.05) is 29.2 Å². The Morgan fingerprint density at radius 1 is 0.846 bits per heavy atom. The highest BCUT2D eigenvalue weighted by Crippen LogP contribution is 2.33. The van der Waals surface area contributed by atoms with Gasteiger partial charge in [-0.25, -0.2) is 0 Å². The number of H-pyrrole nitrogens is 1. The molecule has 2 aromatic carbocycles. The number of aryl methyl sites for hydroxylation is 1. The van der Waals surface area contributed by atoms with Crippen molar-refractivity contribution in [2.45, 2.75) is 13.5 Å². The highest BCUT2D eigenvalue weighted by Gasteiger charge is 2.10. The van der Waals surface area contributed by atoms with Crippen LogP contribution < -0.4 is 4.74 Å². The number of benzene rings is 2. The van der Waals surface area contributed by atoms with Crippen molar-refractivity contribution in [3.63, 3.8) is 0 Å². The Morgan fingerprint density at radius 3 is 2.31 bits per heavy atom. The van der Waals surface area contributed by atoms with E-state index < -0.39 is 0 Å².